The lowest BCUT2D eigenvalue weighted by atomic mass is 10.1. The molecule has 0 atom stereocenters. The molecule has 0 saturated carbocycles. The van der Waals surface area contributed by atoms with Crippen molar-refractivity contribution in [3.8, 4) is 18.2 Å². The molecule has 0 aliphatic heterocycles. The van der Waals surface area contributed by atoms with Gasteiger partial charge in [-0.15, -0.1) is 6.42 Å². The number of anilines is 1. The lowest BCUT2D eigenvalue weighted by Gasteiger charge is -2.20. The highest BCUT2D eigenvalue weighted by Crippen LogP contribution is 2.20. The number of aromatic nitrogens is 2. The first-order valence-corrected chi connectivity index (χ1v) is 5.23. The molecule has 4 heteroatoms. The number of hydrogen-bond donors (Lipinski definition) is 1. The lowest BCUT2D eigenvalue weighted by Crippen LogP contribution is -2.26. The van der Waals surface area contributed by atoms with E-state index in [1.165, 1.54) is 0 Å². The van der Waals surface area contributed by atoms with Crippen LogP contribution in [0.2, 0.25) is 0 Å². The normalized spacial score (nSPS) is 10.7. The number of ether oxygens (including phenoxy) is 1. The average Bonchev–Trinajstić information content (AvgIpc) is 2.23. The molecular weight excluding hydrogens is 202 g/mol. The van der Waals surface area contributed by atoms with Crippen LogP contribution < -0.4 is 10.1 Å². The molecule has 16 heavy (non-hydrogen) atoms. The zero-order valence-corrected chi connectivity index (χ0v) is 10.2. The summed E-state index contributed by atoms with van der Waals surface area (Å²) in [6.07, 6.45) is 7.08. The van der Waals surface area contributed by atoms with Gasteiger partial charge in [0.1, 0.15) is 0 Å². The van der Waals surface area contributed by atoms with Gasteiger partial charge in [0.25, 0.3) is 0 Å². The van der Waals surface area contributed by atoms with Crippen LogP contribution in [0.25, 0.3) is 0 Å². The summed E-state index contributed by atoms with van der Waals surface area (Å²) < 4.78 is 5.64. The van der Waals surface area contributed by atoms with E-state index in [2.05, 4.69) is 21.2 Å². The molecule has 0 aliphatic carbocycles. The van der Waals surface area contributed by atoms with Crippen LogP contribution in [0, 0.1) is 19.3 Å². The number of nitrogens with one attached hydrogen (secondary N) is 1. The minimum atomic E-state index is -0.664. The minimum absolute atomic E-state index is 0.522. The molecule has 0 unspecified atom stereocenters. The van der Waals surface area contributed by atoms with Crippen molar-refractivity contribution < 1.29 is 4.74 Å². The molecule has 1 heterocycles. The fourth-order valence-electron chi connectivity index (χ4n) is 1.04. The number of terminal acetylenes is 1. The van der Waals surface area contributed by atoms with Crippen LogP contribution >= 0.6 is 0 Å². The third-order valence-corrected chi connectivity index (χ3v) is 1.96. The molecule has 0 aliphatic rings. The van der Waals surface area contributed by atoms with Gasteiger partial charge in [-0.05, 0) is 27.7 Å². The van der Waals surface area contributed by atoms with Crippen LogP contribution in [-0.2, 0) is 0 Å². The molecule has 0 bridgehead atoms. The second-order valence-electron chi connectivity index (χ2n) is 3.97. The Labute approximate surface area is 96.5 Å². The number of rotatable bonds is 4. The lowest BCUT2D eigenvalue weighted by molar-refractivity contribution is 0.163. The fourth-order valence-corrected chi connectivity index (χ4v) is 1.04. The molecular formula is C12H17N3O. The van der Waals surface area contributed by atoms with Crippen LogP contribution in [0.3, 0.4) is 0 Å². The van der Waals surface area contributed by atoms with Crippen molar-refractivity contribution in [1.29, 1.82) is 0 Å². The Balaban J connectivity index is 2.95. The van der Waals surface area contributed by atoms with Gasteiger partial charge in [-0.1, -0.05) is 5.92 Å². The zero-order valence-electron chi connectivity index (χ0n) is 10.2. The van der Waals surface area contributed by atoms with Crippen molar-refractivity contribution in [3.63, 3.8) is 0 Å². The van der Waals surface area contributed by atoms with E-state index in [0.29, 0.717) is 11.8 Å². The summed E-state index contributed by atoms with van der Waals surface area (Å²) in [5.74, 6) is 3.64. The predicted octanol–water partition coefficient (Wildman–Crippen LogP) is 2.01. The Morgan fingerprint density at radius 2 is 2.25 bits per heavy atom. The van der Waals surface area contributed by atoms with E-state index in [9.17, 15) is 0 Å². The molecule has 0 spiro atoms. The summed E-state index contributed by atoms with van der Waals surface area (Å²) in [4.78, 5) is 8.39. The van der Waals surface area contributed by atoms with E-state index in [1.807, 2.05) is 27.7 Å². The molecule has 1 aromatic rings. The van der Waals surface area contributed by atoms with Crippen molar-refractivity contribution in [1.82, 2.24) is 9.97 Å². The molecule has 0 fully saturated rings. The van der Waals surface area contributed by atoms with E-state index in [0.717, 1.165) is 12.1 Å². The second-order valence-corrected chi connectivity index (χ2v) is 3.97. The van der Waals surface area contributed by atoms with Crippen LogP contribution in [-0.4, -0.2) is 22.1 Å². The molecule has 0 aromatic carbocycles. The van der Waals surface area contributed by atoms with Crippen molar-refractivity contribution in [2.75, 3.05) is 11.9 Å². The van der Waals surface area contributed by atoms with Gasteiger partial charge in [-0.2, -0.15) is 4.98 Å². The van der Waals surface area contributed by atoms with Crippen LogP contribution in [0.1, 0.15) is 26.3 Å². The SMILES string of the molecule is C#CC(C)(C)Oc1nc(NCC)ncc1C. The summed E-state index contributed by atoms with van der Waals surface area (Å²) in [6, 6.07) is 0. The minimum Gasteiger partial charge on any atom is -0.458 e. The Kier molecular flexibility index (Phi) is 3.73. The number of hydrogen-bond acceptors (Lipinski definition) is 4. The predicted molar refractivity (Wildman–Crippen MR) is 64.5 cm³/mol. The first-order chi connectivity index (χ1) is 7.48. The average molecular weight is 219 g/mol. The number of nitrogens with zero attached hydrogens (tertiary/aromatic N) is 2. The summed E-state index contributed by atoms with van der Waals surface area (Å²) in [5, 5.41) is 3.03. The Morgan fingerprint density at radius 3 is 2.81 bits per heavy atom. The molecule has 1 aromatic heterocycles. The van der Waals surface area contributed by atoms with Crippen molar-refractivity contribution in [2.24, 2.45) is 0 Å². The van der Waals surface area contributed by atoms with Gasteiger partial charge in [0.2, 0.25) is 11.8 Å². The highest BCUT2D eigenvalue weighted by molar-refractivity contribution is 5.33. The molecule has 1 N–H and O–H groups in total. The first kappa shape index (κ1) is 12.3. The van der Waals surface area contributed by atoms with Crippen molar-refractivity contribution >= 4 is 5.95 Å². The van der Waals surface area contributed by atoms with Crippen molar-refractivity contribution in [2.45, 2.75) is 33.3 Å². The van der Waals surface area contributed by atoms with Crippen LogP contribution in [0.15, 0.2) is 6.20 Å². The summed E-state index contributed by atoms with van der Waals surface area (Å²) >= 11 is 0. The van der Waals surface area contributed by atoms with Gasteiger partial charge in [-0.25, -0.2) is 4.98 Å². The smallest absolute Gasteiger partial charge is 0.225 e. The van der Waals surface area contributed by atoms with Crippen LogP contribution in [0.4, 0.5) is 5.95 Å². The maximum atomic E-state index is 5.64. The van der Waals surface area contributed by atoms with E-state index < -0.39 is 5.60 Å². The molecule has 0 amide bonds. The highest BCUT2D eigenvalue weighted by atomic mass is 16.5. The Hall–Kier alpha value is -1.76. The van der Waals surface area contributed by atoms with Gasteiger partial charge in [0.15, 0.2) is 5.60 Å². The Morgan fingerprint density at radius 1 is 1.56 bits per heavy atom. The number of aryl methyl sites for hydroxylation is 1. The van der Waals surface area contributed by atoms with Gasteiger partial charge in [0, 0.05) is 18.3 Å². The van der Waals surface area contributed by atoms with E-state index in [-0.39, 0.29) is 0 Å². The van der Waals surface area contributed by atoms with Crippen molar-refractivity contribution in [3.05, 3.63) is 11.8 Å². The third-order valence-electron chi connectivity index (χ3n) is 1.96. The molecule has 1 rings (SSSR count). The summed E-state index contributed by atoms with van der Waals surface area (Å²) in [5.41, 5.74) is 0.202. The fraction of sp³-hybridized carbons (Fsp3) is 0.500. The maximum Gasteiger partial charge on any atom is 0.225 e. The van der Waals surface area contributed by atoms with Gasteiger partial charge in [-0.3, -0.25) is 0 Å². The Bertz CT molecular complexity index is 407. The molecule has 0 saturated heterocycles. The molecule has 0 radical (unpaired) electrons. The van der Waals surface area contributed by atoms with E-state index >= 15 is 0 Å². The van der Waals surface area contributed by atoms with Gasteiger partial charge < -0.3 is 10.1 Å². The summed E-state index contributed by atoms with van der Waals surface area (Å²) in [7, 11) is 0. The van der Waals surface area contributed by atoms with Gasteiger partial charge in [0.05, 0.1) is 0 Å². The van der Waals surface area contributed by atoms with Gasteiger partial charge >= 0.3 is 0 Å². The quantitative estimate of drug-likeness (QED) is 0.787. The first-order valence-electron chi connectivity index (χ1n) is 5.23. The van der Waals surface area contributed by atoms with E-state index in [4.69, 9.17) is 11.2 Å². The standard InChI is InChI=1S/C12H17N3O/c1-6-12(4,5)16-10-9(3)8-14-11(15-10)13-7-2/h1,8H,7H2,2-5H3,(H,13,14,15). The molecule has 86 valence electrons. The second kappa shape index (κ2) is 4.84. The summed E-state index contributed by atoms with van der Waals surface area (Å²) in [6.45, 7) is 8.27. The topological polar surface area (TPSA) is 47.0 Å². The van der Waals surface area contributed by atoms with E-state index in [1.54, 1.807) is 6.20 Å². The highest BCUT2D eigenvalue weighted by Gasteiger charge is 2.18. The maximum absolute atomic E-state index is 5.64. The monoisotopic (exact) mass is 219 g/mol. The largest absolute Gasteiger partial charge is 0.458 e. The molecule has 4 nitrogen and oxygen atoms in total. The van der Waals surface area contributed by atoms with Crippen LogP contribution in [0.5, 0.6) is 5.88 Å². The zero-order chi connectivity index (χ0) is 12.2. The third kappa shape index (κ3) is 3.13.